The van der Waals surface area contributed by atoms with Crippen LogP contribution in [0.1, 0.15) is 25.3 Å². The summed E-state index contributed by atoms with van der Waals surface area (Å²) in [5.41, 5.74) is 1.07. The molecule has 1 aromatic carbocycles. The molecule has 1 heterocycles. The number of aliphatic hydroxyl groups is 1. The van der Waals surface area contributed by atoms with Crippen LogP contribution in [-0.2, 0) is 6.42 Å². The predicted molar refractivity (Wildman–Crippen MR) is 92.4 cm³/mol. The van der Waals surface area contributed by atoms with Crippen LogP contribution in [0.3, 0.4) is 0 Å². The van der Waals surface area contributed by atoms with Gasteiger partial charge in [0, 0.05) is 32.6 Å². The molecule has 1 aromatic rings. The third kappa shape index (κ3) is 7.01. The molecule has 1 aliphatic rings. The Morgan fingerprint density at radius 3 is 2.87 bits per heavy atom. The molecule has 3 N–H and O–H groups in total. The molecule has 0 radical (unpaired) electrons. The van der Waals surface area contributed by atoms with Crippen LogP contribution in [-0.4, -0.2) is 54.9 Å². The summed E-state index contributed by atoms with van der Waals surface area (Å²) in [4.78, 5) is 14.2. The summed E-state index contributed by atoms with van der Waals surface area (Å²) in [7, 11) is 0. The fourth-order valence-corrected chi connectivity index (χ4v) is 3.05. The summed E-state index contributed by atoms with van der Waals surface area (Å²) in [5.74, 6) is 0.755. The van der Waals surface area contributed by atoms with Crippen molar-refractivity contribution in [2.24, 2.45) is 5.92 Å². The predicted octanol–water partition coefficient (Wildman–Crippen LogP) is 1.62. The molecule has 23 heavy (non-hydrogen) atoms. The second-order valence-electron chi connectivity index (χ2n) is 6.53. The summed E-state index contributed by atoms with van der Waals surface area (Å²) >= 11 is 0. The number of nitrogens with zero attached hydrogens (tertiary/aromatic N) is 1. The molecular weight excluding hydrogens is 290 g/mol. The van der Waals surface area contributed by atoms with Crippen molar-refractivity contribution >= 4 is 6.03 Å². The van der Waals surface area contributed by atoms with E-state index in [1.165, 1.54) is 12.8 Å². The number of hydrogen-bond acceptors (Lipinski definition) is 3. The lowest BCUT2D eigenvalue weighted by Gasteiger charge is -2.30. The lowest BCUT2D eigenvalue weighted by Crippen LogP contribution is -2.44. The number of carbonyl (C=O) groups is 1. The minimum atomic E-state index is -0.564. The number of carbonyl (C=O) groups excluding carboxylic acids is 1. The minimum Gasteiger partial charge on any atom is -0.391 e. The number of amides is 2. The van der Waals surface area contributed by atoms with E-state index in [1.54, 1.807) is 0 Å². The van der Waals surface area contributed by atoms with Crippen LogP contribution in [0.2, 0.25) is 0 Å². The summed E-state index contributed by atoms with van der Waals surface area (Å²) in [6, 6.07) is 9.59. The van der Waals surface area contributed by atoms with Gasteiger partial charge in [-0.15, -0.1) is 0 Å². The van der Waals surface area contributed by atoms with E-state index in [9.17, 15) is 9.90 Å². The maximum atomic E-state index is 11.8. The minimum absolute atomic E-state index is 0.206. The Bertz CT molecular complexity index is 467. The molecule has 5 heteroatoms. The zero-order chi connectivity index (χ0) is 16.5. The number of nitrogens with one attached hydrogen (secondary N) is 2. The zero-order valence-corrected chi connectivity index (χ0v) is 14.0. The second-order valence-corrected chi connectivity index (χ2v) is 6.53. The summed E-state index contributed by atoms with van der Waals surface area (Å²) in [6.45, 7) is 6.34. The molecule has 1 aliphatic heterocycles. The van der Waals surface area contributed by atoms with Crippen molar-refractivity contribution in [1.82, 2.24) is 15.5 Å². The van der Waals surface area contributed by atoms with Crippen molar-refractivity contribution in [3.8, 4) is 0 Å². The number of rotatable bonds is 7. The number of likely N-dealkylation sites (tertiary alicyclic amines) is 1. The first-order chi connectivity index (χ1) is 11.1. The number of piperidine rings is 1. The van der Waals surface area contributed by atoms with Crippen molar-refractivity contribution in [1.29, 1.82) is 0 Å². The SMILES string of the molecule is CC1CCCN(CCNC(=O)NCC(O)Cc2ccccc2)C1. The first-order valence-corrected chi connectivity index (χ1v) is 8.59. The van der Waals surface area contributed by atoms with E-state index in [2.05, 4.69) is 22.5 Å². The molecule has 0 bridgehead atoms. The van der Waals surface area contributed by atoms with Crippen LogP contribution in [0, 0.1) is 5.92 Å². The van der Waals surface area contributed by atoms with Gasteiger partial charge in [-0.25, -0.2) is 4.79 Å². The maximum absolute atomic E-state index is 11.8. The molecule has 5 nitrogen and oxygen atoms in total. The van der Waals surface area contributed by atoms with E-state index in [4.69, 9.17) is 0 Å². The van der Waals surface area contributed by atoms with Gasteiger partial charge in [-0.3, -0.25) is 0 Å². The van der Waals surface area contributed by atoms with Crippen LogP contribution >= 0.6 is 0 Å². The molecule has 1 fully saturated rings. The molecule has 128 valence electrons. The molecule has 1 saturated heterocycles. The van der Waals surface area contributed by atoms with Gasteiger partial charge < -0.3 is 20.6 Å². The molecule has 0 spiro atoms. The summed E-state index contributed by atoms with van der Waals surface area (Å²) in [5, 5.41) is 15.6. The summed E-state index contributed by atoms with van der Waals surface area (Å²) in [6.07, 6.45) is 2.54. The number of urea groups is 1. The van der Waals surface area contributed by atoms with Crippen LogP contribution in [0.5, 0.6) is 0 Å². The lowest BCUT2D eigenvalue weighted by atomic mass is 10.0. The molecule has 0 aromatic heterocycles. The van der Waals surface area contributed by atoms with E-state index < -0.39 is 6.10 Å². The van der Waals surface area contributed by atoms with Crippen molar-refractivity contribution < 1.29 is 9.90 Å². The van der Waals surface area contributed by atoms with Crippen molar-refractivity contribution in [2.75, 3.05) is 32.7 Å². The molecular formula is C18H29N3O2. The fourth-order valence-electron chi connectivity index (χ4n) is 3.05. The Morgan fingerprint density at radius 1 is 1.35 bits per heavy atom. The highest BCUT2D eigenvalue weighted by Gasteiger charge is 2.15. The molecule has 2 unspecified atom stereocenters. The lowest BCUT2D eigenvalue weighted by molar-refractivity contribution is 0.168. The normalized spacial score (nSPS) is 20.0. The van der Waals surface area contributed by atoms with Gasteiger partial charge in [0.25, 0.3) is 0 Å². The van der Waals surface area contributed by atoms with Gasteiger partial charge in [0.05, 0.1) is 6.10 Å². The van der Waals surface area contributed by atoms with Gasteiger partial charge in [0.1, 0.15) is 0 Å². The third-order valence-corrected chi connectivity index (χ3v) is 4.27. The Labute approximate surface area is 139 Å². The van der Waals surface area contributed by atoms with E-state index in [-0.39, 0.29) is 12.6 Å². The standard InChI is InChI=1S/C18H29N3O2/c1-15-6-5-10-21(14-15)11-9-19-18(23)20-13-17(22)12-16-7-3-2-4-8-16/h2-4,7-8,15,17,22H,5-6,9-14H2,1H3,(H2,19,20,23). The third-order valence-electron chi connectivity index (χ3n) is 4.27. The second kappa shape index (κ2) is 9.53. The number of aliphatic hydroxyl groups excluding tert-OH is 1. The topological polar surface area (TPSA) is 64.6 Å². The van der Waals surface area contributed by atoms with E-state index in [0.717, 1.165) is 31.1 Å². The highest BCUT2D eigenvalue weighted by Crippen LogP contribution is 2.14. The van der Waals surface area contributed by atoms with Crippen LogP contribution in [0.15, 0.2) is 30.3 Å². The highest BCUT2D eigenvalue weighted by atomic mass is 16.3. The molecule has 0 saturated carbocycles. The molecule has 0 aliphatic carbocycles. The van der Waals surface area contributed by atoms with Gasteiger partial charge in [-0.2, -0.15) is 0 Å². The Balaban J connectivity index is 1.56. The number of benzene rings is 1. The van der Waals surface area contributed by atoms with E-state index in [1.807, 2.05) is 30.3 Å². The number of hydrogen-bond donors (Lipinski definition) is 3. The van der Waals surface area contributed by atoms with Crippen molar-refractivity contribution in [2.45, 2.75) is 32.3 Å². The Kier molecular flexibility index (Phi) is 7.36. The van der Waals surface area contributed by atoms with Crippen LogP contribution in [0.25, 0.3) is 0 Å². The van der Waals surface area contributed by atoms with Gasteiger partial charge in [0.2, 0.25) is 0 Å². The average molecular weight is 319 g/mol. The van der Waals surface area contributed by atoms with Crippen molar-refractivity contribution in [3.63, 3.8) is 0 Å². The van der Waals surface area contributed by atoms with Gasteiger partial charge >= 0.3 is 6.03 Å². The summed E-state index contributed by atoms with van der Waals surface area (Å²) < 4.78 is 0. The smallest absolute Gasteiger partial charge is 0.314 e. The Morgan fingerprint density at radius 2 is 2.13 bits per heavy atom. The van der Waals surface area contributed by atoms with Crippen LogP contribution < -0.4 is 10.6 Å². The fraction of sp³-hybridized carbons (Fsp3) is 0.611. The first-order valence-electron chi connectivity index (χ1n) is 8.59. The Hall–Kier alpha value is -1.59. The van der Waals surface area contributed by atoms with E-state index >= 15 is 0 Å². The average Bonchev–Trinajstić information content (AvgIpc) is 2.54. The quantitative estimate of drug-likeness (QED) is 0.715. The van der Waals surface area contributed by atoms with E-state index in [0.29, 0.717) is 13.0 Å². The molecule has 2 amide bonds. The van der Waals surface area contributed by atoms with Gasteiger partial charge in [-0.05, 0) is 30.9 Å². The monoisotopic (exact) mass is 319 g/mol. The zero-order valence-electron chi connectivity index (χ0n) is 14.0. The van der Waals surface area contributed by atoms with Gasteiger partial charge in [-0.1, -0.05) is 37.3 Å². The molecule has 2 atom stereocenters. The largest absolute Gasteiger partial charge is 0.391 e. The van der Waals surface area contributed by atoms with Crippen LogP contribution in [0.4, 0.5) is 4.79 Å². The maximum Gasteiger partial charge on any atom is 0.314 e. The van der Waals surface area contributed by atoms with Gasteiger partial charge in [0.15, 0.2) is 0 Å². The van der Waals surface area contributed by atoms with Crippen molar-refractivity contribution in [3.05, 3.63) is 35.9 Å². The first kappa shape index (κ1) is 17.8. The molecule has 2 rings (SSSR count). The highest BCUT2D eigenvalue weighted by molar-refractivity contribution is 5.73.